The molecule has 7 nitrogen and oxygen atoms in total. The second-order valence-corrected chi connectivity index (χ2v) is 9.01. The van der Waals surface area contributed by atoms with Crippen LogP contribution in [-0.4, -0.2) is 34.1 Å². The highest BCUT2D eigenvalue weighted by Gasteiger charge is 2.43. The summed E-state index contributed by atoms with van der Waals surface area (Å²) < 4.78 is 42.6. The van der Waals surface area contributed by atoms with E-state index in [9.17, 15) is 27.6 Å². The minimum atomic E-state index is -4.82. The first kappa shape index (κ1) is 24.0. The summed E-state index contributed by atoms with van der Waals surface area (Å²) >= 11 is 0. The Morgan fingerprint density at radius 2 is 1.71 bits per heavy atom. The van der Waals surface area contributed by atoms with Gasteiger partial charge in [0.15, 0.2) is 6.04 Å². The van der Waals surface area contributed by atoms with E-state index in [0.717, 1.165) is 44.6 Å². The van der Waals surface area contributed by atoms with E-state index in [1.807, 2.05) is 5.32 Å². The molecule has 2 aromatic rings. The van der Waals surface area contributed by atoms with Crippen LogP contribution in [0.15, 0.2) is 41.6 Å². The Kier molecular flexibility index (Phi) is 7.04. The number of hydrogen-bond donors (Lipinski definition) is 2. The topological polar surface area (TPSA) is 93.1 Å². The molecule has 1 atom stereocenters. The lowest BCUT2D eigenvalue weighted by molar-refractivity contribution is -0.156. The number of aromatic nitrogens is 2. The lowest BCUT2D eigenvalue weighted by Gasteiger charge is -2.22. The number of carbonyl (C=O) groups excluding carboxylic acids is 2. The third kappa shape index (κ3) is 5.66. The van der Waals surface area contributed by atoms with Crippen LogP contribution in [0.2, 0.25) is 0 Å². The molecule has 4 rings (SSSR count). The van der Waals surface area contributed by atoms with Gasteiger partial charge in [0, 0.05) is 31.2 Å². The number of rotatable bonds is 7. The van der Waals surface area contributed by atoms with Gasteiger partial charge >= 0.3 is 6.18 Å². The van der Waals surface area contributed by atoms with E-state index in [4.69, 9.17) is 0 Å². The second-order valence-electron chi connectivity index (χ2n) is 9.01. The van der Waals surface area contributed by atoms with Crippen molar-refractivity contribution < 1.29 is 22.8 Å². The molecule has 2 aliphatic rings. The predicted octanol–water partition coefficient (Wildman–Crippen LogP) is 3.92. The van der Waals surface area contributed by atoms with Crippen LogP contribution in [0.4, 0.5) is 13.2 Å². The first-order valence-electron chi connectivity index (χ1n) is 11.6. The molecule has 34 heavy (non-hydrogen) atoms. The minimum absolute atomic E-state index is 0.00578. The maximum absolute atomic E-state index is 13.7. The smallest absolute Gasteiger partial charge is 0.352 e. The van der Waals surface area contributed by atoms with Crippen molar-refractivity contribution in [3.05, 3.63) is 63.8 Å². The summed E-state index contributed by atoms with van der Waals surface area (Å²) in [6, 6.07) is 1.60. The molecular weight excluding hydrogens is 449 g/mol. The van der Waals surface area contributed by atoms with Gasteiger partial charge in [0.2, 0.25) is 5.43 Å². The van der Waals surface area contributed by atoms with Gasteiger partial charge in [0.05, 0.1) is 5.69 Å². The molecule has 10 heteroatoms. The molecule has 2 heterocycles. The highest BCUT2D eigenvalue weighted by Crippen LogP contribution is 2.35. The molecule has 0 aliphatic heterocycles. The predicted molar refractivity (Wildman–Crippen MR) is 118 cm³/mol. The van der Waals surface area contributed by atoms with Gasteiger partial charge in [-0.3, -0.25) is 19.4 Å². The highest BCUT2D eigenvalue weighted by atomic mass is 19.4. The van der Waals surface area contributed by atoms with Gasteiger partial charge < -0.3 is 15.2 Å². The molecule has 0 saturated heterocycles. The van der Waals surface area contributed by atoms with E-state index in [-0.39, 0.29) is 11.6 Å². The maximum Gasteiger partial charge on any atom is 0.414 e. The average molecular weight is 476 g/mol. The largest absolute Gasteiger partial charge is 0.414 e. The maximum atomic E-state index is 13.7. The number of amides is 2. The number of hydrogen-bond acceptors (Lipinski definition) is 4. The summed E-state index contributed by atoms with van der Waals surface area (Å²) in [7, 11) is 0. The van der Waals surface area contributed by atoms with Gasteiger partial charge in [-0.1, -0.05) is 25.3 Å². The Hall–Kier alpha value is -3.17. The van der Waals surface area contributed by atoms with Crippen molar-refractivity contribution in [2.45, 2.75) is 63.2 Å². The lowest BCUT2D eigenvalue weighted by atomic mass is 9.89. The summed E-state index contributed by atoms with van der Waals surface area (Å²) in [5.74, 6) is -1.48. The number of pyridine rings is 2. The van der Waals surface area contributed by atoms with Crippen LogP contribution in [0.5, 0.6) is 0 Å². The van der Waals surface area contributed by atoms with E-state index in [0.29, 0.717) is 12.5 Å². The zero-order valence-electron chi connectivity index (χ0n) is 18.6. The fraction of sp³-hybridized carbons (Fsp3) is 0.500. The van der Waals surface area contributed by atoms with Gasteiger partial charge in [-0.2, -0.15) is 13.2 Å². The summed E-state index contributed by atoms with van der Waals surface area (Å²) in [6.45, 7) is 0.425. The first-order chi connectivity index (χ1) is 16.2. The minimum Gasteiger partial charge on any atom is -0.352 e. The van der Waals surface area contributed by atoms with Crippen molar-refractivity contribution in [3.8, 4) is 0 Å². The van der Waals surface area contributed by atoms with Crippen molar-refractivity contribution in [2.75, 3.05) is 6.54 Å². The molecule has 0 bridgehead atoms. The van der Waals surface area contributed by atoms with Gasteiger partial charge in [0.25, 0.3) is 11.8 Å². The molecule has 1 unspecified atom stereocenters. The Morgan fingerprint density at radius 3 is 2.29 bits per heavy atom. The van der Waals surface area contributed by atoms with Crippen LogP contribution in [0.3, 0.4) is 0 Å². The van der Waals surface area contributed by atoms with Gasteiger partial charge in [-0.15, -0.1) is 0 Å². The quantitative estimate of drug-likeness (QED) is 0.634. The van der Waals surface area contributed by atoms with Crippen molar-refractivity contribution >= 4 is 11.8 Å². The van der Waals surface area contributed by atoms with Crippen LogP contribution in [0, 0.1) is 5.92 Å². The Morgan fingerprint density at radius 1 is 1.03 bits per heavy atom. The van der Waals surface area contributed by atoms with Crippen LogP contribution < -0.4 is 16.1 Å². The summed E-state index contributed by atoms with van der Waals surface area (Å²) in [5, 5.41) is 4.67. The standard InChI is InChI=1S/C24H27F3N4O3/c25-24(26,27)21(19-8-4-5-11-28-19)30-23(34)18-14-31(16-9-10-16)13-17(20(18)32)22(33)29-12-15-6-2-1-3-7-15/h4-5,8,11,13-16,21H,1-3,6-7,9-10,12H2,(H,29,33)(H,30,34). The summed E-state index contributed by atoms with van der Waals surface area (Å²) in [4.78, 5) is 42.5. The van der Waals surface area contributed by atoms with E-state index >= 15 is 0 Å². The molecule has 0 aromatic carbocycles. The number of nitrogens with one attached hydrogen (secondary N) is 2. The molecule has 2 amide bonds. The average Bonchev–Trinajstić information content (AvgIpc) is 3.67. The SMILES string of the molecule is O=C(NCC1CCCCC1)c1cn(C2CC2)cc(C(=O)NC(c2ccccn2)C(F)(F)F)c1=O. The molecule has 182 valence electrons. The number of carbonyl (C=O) groups is 2. The van der Waals surface area contributed by atoms with Crippen LogP contribution in [0.25, 0.3) is 0 Å². The highest BCUT2D eigenvalue weighted by molar-refractivity contribution is 5.99. The van der Waals surface area contributed by atoms with Crippen molar-refractivity contribution in [1.82, 2.24) is 20.2 Å². The molecule has 2 aromatic heterocycles. The second kappa shape index (κ2) is 9.99. The third-order valence-corrected chi connectivity index (χ3v) is 6.37. The fourth-order valence-electron chi connectivity index (χ4n) is 4.31. The van der Waals surface area contributed by atoms with Crippen LogP contribution in [0.1, 0.15) is 83.4 Å². The molecule has 2 aliphatic carbocycles. The van der Waals surface area contributed by atoms with E-state index in [1.54, 1.807) is 4.57 Å². The Balaban J connectivity index is 1.59. The van der Waals surface area contributed by atoms with Crippen molar-refractivity contribution in [1.29, 1.82) is 0 Å². The first-order valence-corrected chi connectivity index (χ1v) is 11.6. The van der Waals surface area contributed by atoms with Gasteiger partial charge in [-0.25, -0.2) is 0 Å². The lowest BCUT2D eigenvalue weighted by Crippen LogP contribution is -2.42. The molecule has 2 fully saturated rings. The molecule has 0 spiro atoms. The Labute approximate surface area is 194 Å². The van der Waals surface area contributed by atoms with E-state index in [1.165, 1.54) is 37.1 Å². The number of halogens is 3. The van der Waals surface area contributed by atoms with Gasteiger partial charge in [0.1, 0.15) is 11.1 Å². The van der Waals surface area contributed by atoms with E-state index in [2.05, 4.69) is 10.3 Å². The molecule has 2 N–H and O–H groups in total. The normalized spacial score (nSPS) is 17.7. The number of alkyl halides is 3. The zero-order valence-corrected chi connectivity index (χ0v) is 18.6. The monoisotopic (exact) mass is 476 g/mol. The van der Waals surface area contributed by atoms with Crippen molar-refractivity contribution in [3.63, 3.8) is 0 Å². The molecule has 2 saturated carbocycles. The summed E-state index contributed by atoms with van der Waals surface area (Å²) in [6.07, 6.45) is 5.97. The summed E-state index contributed by atoms with van der Waals surface area (Å²) in [5.41, 5.74) is -2.02. The zero-order chi connectivity index (χ0) is 24.3. The fourth-order valence-corrected chi connectivity index (χ4v) is 4.31. The molecular formula is C24H27F3N4O3. The van der Waals surface area contributed by atoms with Crippen LogP contribution >= 0.6 is 0 Å². The van der Waals surface area contributed by atoms with Gasteiger partial charge in [-0.05, 0) is 43.7 Å². The Bertz CT molecular complexity index is 1090. The van der Waals surface area contributed by atoms with E-state index < -0.39 is 40.7 Å². The number of nitrogens with zero attached hydrogens (tertiary/aromatic N) is 2. The van der Waals surface area contributed by atoms with Crippen LogP contribution in [-0.2, 0) is 0 Å². The van der Waals surface area contributed by atoms with Crippen molar-refractivity contribution in [2.24, 2.45) is 5.92 Å². The molecule has 0 radical (unpaired) electrons. The third-order valence-electron chi connectivity index (χ3n) is 6.37.